The van der Waals surface area contributed by atoms with E-state index in [1.807, 2.05) is 24.3 Å². The first kappa shape index (κ1) is 19.1. The summed E-state index contributed by atoms with van der Waals surface area (Å²) in [6.45, 7) is 13.9. The molecule has 0 unspecified atom stereocenters. The summed E-state index contributed by atoms with van der Waals surface area (Å²) in [5.74, 6) is 1.50. The monoisotopic (exact) mass is 364 g/mol. The Morgan fingerprint density at radius 1 is 0.852 bits per heavy atom. The van der Waals surface area contributed by atoms with Gasteiger partial charge in [0.25, 0.3) is 0 Å². The van der Waals surface area contributed by atoms with E-state index in [9.17, 15) is 0 Å². The van der Waals surface area contributed by atoms with Gasteiger partial charge in [-0.3, -0.25) is 0 Å². The average Bonchev–Trinajstić information content (AvgIpc) is 3.13. The van der Waals surface area contributed by atoms with Crippen LogP contribution in [0, 0.1) is 0 Å². The highest BCUT2D eigenvalue weighted by atomic mass is 16.5. The number of aromatic nitrogens is 4. The first-order chi connectivity index (χ1) is 12.6. The van der Waals surface area contributed by atoms with Crippen LogP contribution in [0.1, 0.15) is 58.2 Å². The fourth-order valence-electron chi connectivity index (χ4n) is 2.75. The second kappa shape index (κ2) is 7.14. The summed E-state index contributed by atoms with van der Waals surface area (Å²) in [6, 6.07) is 14.6. The molecule has 0 aliphatic heterocycles. The van der Waals surface area contributed by atoms with E-state index in [4.69, 9.17) is 4.74 Å². The van der Waals surface area contributed by atoms with Crippen molar-refractivity contribution in [2.75, 3.05) is 0 Å². The van der Waals surface area contributed by atoms with Crippen molar-refractivity contribution in [3.63, 3.8) is 0 Å². The number of ether oxygens (including phenoxy) is 1. The largest absolute Gasteiger partial charge is 0.489 e. The van der Waals surface area contributed by atoms with Gasteiger partial charge in [0.15, 0.2) is 0 Å². The van der Waals surface area contributed by atoms with Crippen LogP contribution in [-0.4, -0.2) is 20.6 Å². The maximum absolute atomic E-state index is 6.14. The maximum atomic E-state index is 6.14. The maximum Gasteiger partial charge on any atom is 0.204 e. The predicted molar refractivity (Wildman–Crippen MR) is 108 cm³/mol. The molecule has 0 radical (unpaired) electrons. The highest BCUT2D eigenvalue weighted by Crippen LogP contribution is 2.33. The molecule has 5 heteroatoms. The number of rotatable bonds is 4. The topological polar surface area (TPSA) is 63.7 Å². The lowest BCUT2D eigenvalue weighted by molar-refractivity contribution is 0.304. The van der Waals surface area contributed by atoms with E-state index in [0.717, 1.165) is 16.9 Å². The number of tetrazole rings is 1. The molecule has 3 rings (SSSR count). The normalized spacial score (nSPS) is 12.2. The van der Waals surface area contributed by atoms with Crippen LogP contribution in [0.4, 0.5) is 0 Å². The van der Waals surface area contributed by atoms with E-state index in [1.165, 1.54) is 11.1 Å². The Hall–Kier alpha value is -2.69. The molecule has 0 saturated carbocycles. The number of H-pyrrole nitrogens is 1. The minimum absolute atomic E-state index is 0.0750. The fraction of sp³-hybridized carbons (Fsp3) is 0.409. The number of nitrogens with one attached hydrogen (secondary N) is 1. The number of benzene rings is 2. The summed E-state index contributed by atoms with van der Waals surface area (Å²) in [5.41, 5.74) is 4.75. The summed E-state index contributed by atoms with van der Waals surface area (Å²) in [7, 11) is 0. The van der Waals surface area contributed by atoms with Gasteiger partial charge in [0.05, 0.1) is 0 Å². The van der Waals surface area contributed by atoms with Gasteiger partial charge in [-0.1, -0.05) is 71.9 Å². The van der Waals surface area contributed by atoms with Crippen LogP contribution >= 0.6 is 0 Å². The van der Waals surface area contributed by atoms with Gasteiger partial charge < -0.3 is 4.74 Å². The van der Waals surface area contributed by atoms with Gasteiger partial charge in [0.1, 0.15) is 12.4 Å². The van der Waals surface area contributed by atoms with Gasteiger partial charge in [-0.25, -0.2) is 0 Å². The Labute approximate surface area is 161 Å². The van der Waals surface area contributed by atoms with Crippen molar-refractivity contribution in [1.82, 2.24) is 20.6 Å². The van der Waals surface area contributed by atoms with E-state index in [-0.39, 0.29) is 10.8 Å². The second-order valence-electron chi connectivity index (χ2n) is 8.97. The smallest absolute Gasteiger partial charge is 0.204 e. The third kappa shape index (κ3) is 4.73. The zero-order chi connectivity index (χ0) is 19.7. The molecule has 2 aromatic carbocycles. The minimum Gasteiger partial charge on any atom is -0.489 e. The summed E-state index contributed by atoms with van der Waals surface area (Å²) < 4.78 is 6.14. The molecule has 0 bridgehead atoms. The number of nitrogens with zero attached hydrogens (tertiary/aromatic N) is 3. The highest BCUT2D eigenvalue weighted by Gasteiger charge is 2.21. The summed E-state index contributed by atoms with van der Waals surface area (Å²) in [4.78, 5) is 0. The van der Waals surface area contributed by atoms with E-state index in [2.05, 4.69) is 80.4 Å². The van der Waals surface area contributed by atoms with E-state index < -0.39 is 0 Å². The lowest BCUT2D eigenvalue weighted by Gasteiger charge is -2.26. The molecule has 142 valence electrons. The first-order valence-corrected chi connectivity index (χ1v) is 9.24. The van der Waals surface area contributed by atoms with Crippen LogP contribution in [0.15, 0.2) is 42.5 Å². The SMILES string of the molecule is CC(C)(C)c1cc(OCc2ccc(-c3nn[nH]n3)cc2)cc(C(C)(C)C)c1. The van der Waals surface area contributed by atoms with Gasteiger partial charge >= 0.3 is 0 Å². The summed E-state index contributed by atoms with van der Waals surface area (Å²) >= 11 is 0. The predicted octanol–water partition coefficient (Wildman–Crippen LogP) is 5.04. The molecule has 0 spiro atoms. The first-order valence-electron chi connectivity index (χ1n) is 9.24. The molecule has 1 N–H and O–H groups in total. The summed E-state index contributed by atoms with van der Waals surface area (Å²) in [6.07, 6.45) is 0. The number of hydrogen-bond acceptors (Lipinski definition) is 4. The van der Waals surface area contributed by atoms with Gasteiger partial charge in [0, 0.05) is 5.56 Å². The lowest BCUT2D eigenvalue weighted by atomic mass is 9.80. The van der Waals surface area contributed by atoms with Crippen LogP contribution in [0.5, 0.6) is 5.75 Å². The van der Waals surface area contributed by atoms with Gasteiger partial charge in [-0.15, -0.1) is 10.2 Å². The van der Waals surface area contributed by atoms with E-state index in [0.29, 0.717) is 12.4 Å². The van der Waals surface area contributed by atoms with Crippen LogP contribution in [-0.2, 0) is 17.4 Å². The van der Waals surface area contributed by atoms with Gasteiger partial charge in [-0.05, 0) is 44.9 Å². The van der Waals surface area contributed by atoms with Crippen molar-refractivity contribution in [3.8, 4) is 17.1 Å². The van der Waals surface area contributed by atoms with Crippen molar-refractivity contribution in [2.24, 2.45) is 0 Å². The zero-order valence-electron chi connectivity index (χ0n) is 17.0. The Kier molecular flexibility index (Phi) is 5.05. The molecule has 0 atom stereocenters. The second-order valence-corrected chi connectivity index (χ2v) is 8.97. The van der Waals surface area contributed by atoms with Crippen molar-refractivity contribution in [1.29, 1.82) is 0 Å². The standard InChI is InChI=1S/C22H28N4O/c1-21(2,3)17-11-18(22(4,5)6)13-19(12-17)27-14-15-7-9-16(10-8-15)20-23-25-26-24-20/h7-13H,14H2,1-6H3,(H,23,24,25,26). The molecule has 0 amide bonds. The molecule has 1 aromatic heterocycles. The number of aromatic amines is 1. The molecule has 0 fully saturated rings. The summed E-state index contributed by atoms with van der Waals surface area (Å²) in [5, 5.41) is 14.1. The van der Waals surface area contributed by atoms with Crippen molar-refractivity contribution >= 4 is 0 Å². The van der Waals surface area contributed by atoms with Crippen LogP contribution < -0.4 is 4.74 Å². The Balaban J connectivity index is 1.79. The van der Waals surface area contributed by atoms with Gasteiger partial charge in [0.2, 0.25) is 5.82 Å². The lowest BCUT2D eigenvalue weighted by Crippen LogP contribution is -2.16. The van der Waals surface area contributed by atoms with E-state index in [1.54, 1.807) is 0 Å². The third-order valence-electron chi connectivity index (χ3n) is 4.60. The van der Waals surface area contributed by atoms with Crippen LogP contribution in [0.3, 0.4) is 0 Å². The molecule has 0 aliphatic carbocycles. The van der Waals surface area contributed by atoms with Crippen LogP contribution in [0.2, 0.25) is 0 Å². The Bertz CT molecular complexity index is 853. The zero-order valence-corrected chi connectivity index (χ0v) is 17.0. The fourth-order valence-corrected chi connectivity index (χ4v) is 2.75. The number of hydrogen-bond donors (Lipinski definition) is 1. The quantitative estimate of drug-likeness (QED) is 0.704. The third-order valence-corrected chi connectivity index (χ3v) is 4.60. The van der Waals surface area contributed by atoms with Crippen molar-refractivity contribution < 1.29 is 4.74 Å². The molecule has 3 aromatic rings. The van der Waals surface area contributed by atoms with Crippen LogP contribution in [0.25, 0.3) is 11.4 Å². The molecule has 27 heavy (non-hydrogen) atoms. The molecular formula is C22H28N4O. The molecular weight excluding hydrogens is 336 g/mol. The van der Waals surface area contributed by atoms with E-state index >= 15 is 0 Å². The molecule has 0 saturated heterocycles. The molecule has 0 aliphatic rings. The Morgan fingerprint density at radius 3 is 1.93 bits per heavy atom. The average molecular weight is 364 g/mol. The Morgan fingerprint density at radius 2 is 1.44 bits per heavy atom. The highest BCUT2D eigenvalue weighted by molar-refractivity contribution is 5.54. The van der Waals surface area contributed by atoms with Crippen molar-refractivity contribution in [2.45, 2.75) is 59.0 Å². The van der Waals surface area contributed by atoms with Crippen molar-refractivity contribution in [3.05, 3.63) is 59.2 Å². The molecule has 5 nitrogen and oxygen atoms in total. The minimum atomic E-state index is 0.0750. The molecule has 1 heterocycles. The van der Waals surface area contributed by atoms with Gasteiger partial charge in [-0.2, -0.15) is 5.21 Å².